The number of imide groups is 1. The van der Waals surface area contributed by atoms with E-state index in [0.29, 0.717) is 5.56 Å². The number of rotatable bonds is 7. The second-order valence-corrected chi connectivity index (χ2v) is 8.15. The molecular weight excluding hydrogens is 515 g/mol. The lowest BCUT2D eigenvalue weighted by molar-refractivity contribution is -0.123. The lowest BCUT2D eigenvalue weighted by Gasteiger charge is -2.13. The van der Waals surface area contributed by atoms with Crippen molar-refractivity contribution < 1.29 is 27.8 Å². The predicted molar refractivity (Wildman–Crippen MR) is 115 cm³/mol. The summed E-state index contributed by atoms with van der Waals surface area (Å²) in [5.41, 5.74) is 1.39. The third-order valence-electron chi connectivity index (χ3n) is 3.91. The summed E-state index contributed by atoms with van der Waals surface area (Å²) in [6.07, 6.45) is 1.54. The number of halogens is 3. The van der Waals surface area contributed by atoms with Gasteiger partial charge in [0.25, 0.3) is 11.1 Å². The van der Waals surface area contributed by atoms with Gasteiger partial charge < -0.3 is 9.47 Å². The van der Waals surface area contributed by atoms with Crippen LogP contribution in [0.15, 0.2) is 47.4 Å². The first-order chi connectivity index (χ1) is 13.9. The summed E-state index contributed by atoms with van der Waals surface area (Å²) in [4.78, 5) is 26.4. The van der Waals surface area contributed by atoms with E-state index in [1.165, 1.54) is 29.2 Å². The van der Waals surface area contributed by atoms with Crippen LogP contribution in [0.2, 0.25) is 0 Å². The molecule has 1 aliphatic rings. The maximum absolute atomic E-state index is 12.7. The van der Waals surface area contributed by atoms with Gasteiger partial charge in [-0.15, -0.1) is 0 Å². The van der Waals surface area contributed by atoms with Crippen LogP contribution in [-0.4, -0.2) is 29.3 Å². The Balaban J connectivity index is 1.81. The number of carbonyl (C=O) groups excluding carboxylic acids is 2. The number of carbonyl (C=O) groups is 2. The molecule has 0 aliphatic carbocycles. The number of alkyl halides is 2. The van der Waals surface area contributed by atoms with Crippen molar-refractivity contribution in [3.05, 3.63) is 62.1 Å². The molecule has 0 spiro atoms. The second kappa shape index (κ2) is 9.57. The summed E-state index contributed by atoms with van der Waals surface area (Å²) < 4.78 is 35.9. The Bertz CT molecular complexity index is 950. The minimum absolute atomic E-state index is 0.0918. The van der Waals surface area contributed by atoms with Crippen LogP contribution in [-0.2, 0) is 11.3 Å². The minimum atomic E-state index is -2.97. The van der Waals surface area contributed by atoms with Gasteiger partial charge in [0.15, 0.2) is 11.5 Å². The first kappa shape index (κ1) is 21.6. The molecule has 152 valence electrons. The zero-order valence-corrected chi connectivity index (χ0v) is 18.2. The Kier molecular flexibility index (Phi) is 7.12. The van der Waals surface area contributed by atoms with Gasteiger partial charge in [0.2, 0.25) is 0 Å². The summed E-state index contributed by atoms with van der Waals surface area (Å²) >= 11 is 3.02. The lowest BCUT2D eigenvalue weighted by Crippen LogP contribution is -2.27. The highest BCUT2D eigenvalue weighted by Gasteiger charge is 2.35. The van der Waals surface area contributed by atoms with Gasteiger partial charge in [0.1, 0.15) is 0 Å². The van der Waals surface area contributed by atoms with Gasteiger partial charge in [-0.3, -0.25) is 14.5 Å². The average Bonchev–Trinajstić information content (AvgIpc) is 2.93. The topological polar surface area (TPSA) is 55.8 Å². The van der Waals surface area contributed by atoms with E-state index < -0.39 is 12.5 Å². The Morgan fingerprint density at radius 1 is 1.14 bits per heavy atom. The van der Waals surface area contributed by atoms with E-state index in [9.17, 15) is 18.4 Å². The van der Waals surface area contributed by atoms with Crippen LogP contribution >= 0.6 is 34.4 Å². The van der Waals surface area contributed by atoms with Gasteiger partial charge in [0.05, 0.1) is 18.1 Å². The summed E-state index contributed by atoms with van der Waals surface area (Å²) in [5.74, 6) is -0.352. The third-order valence-corrected chi connectivity index (χ3v) is 5.54. The third kappa shape index (κ3) is 5.47. The summed E-state index contributed by atoms with van der Waals surface area (Å²) in [5, 5.41) is -0.359. The molecule has 0 aromatic heterocycles. The molecule has 0 saturated carbocycles. The van der Waals surface area contributed by atoms with Crippen LogP contribution in [0.4, 0.5) is 13.6 Å². The molecule has 3 rings (SSSR count). The number of thioether (sulfide) groups is 1. The van der Waals surface area contributed by atoms with Crippen LogP contribution < -0.4 is 9.47 Å². The SMILES string of the molecule is CCOc1cc(/C=C2\SC(=O)N(Cc3ccc(I)cc3)C2=O)ccc1OC(F)F. The molecule has 0 N–H and O–H groups in total. The van der Waals surface area contributed by atoms with Gasteiger partial charge in [-0.25, -0.2) is 0 Å². The number of hydrogen-bond acceptors (Lipinski definition) is 5. The van der Waals surface area contributed by atoms with E-state index in [1.807, 2.05) is 24.3 Å². The number of amides is 2. The van der Waals surface area contributed by atoms with Crippen LogP contribution in [0.5, 0.6) is 11.5 Å². The van der Waals surface area contributed by atoms with Crippen molar-refractivity contribution in [3.8, 4) is 11.5 Å². The Morgan fingerprint density at radius 3 is 2.52 bits per heavy atom. The fourth-order valence-corrected chi connectivity index (χ4v) is 3.83. The van der Waals surface area contributed by atoms with Crippen molar-refractivity contribution in [3.63, 3.8) is 0 Å². The van der Waals surface area contributed by atoms with Gasteiger partial charge in [0, 0.05) is 3.57 Å². The Labute approximate surface area is 184 Å². The maximum Gasteiger partial charge on any atom is 0.387 e. The van der Waals surface area contributed by atoms with Gasteiger partial charge in [-0.1, -0.05) is 18.2 Å². The van der Waals surface area contributed by atoms with Crippen LogP contribution in [0.25, 0.3) is 6.08 Å². The van der Waals surface area contributed by atoms with Crippen molar-refractivity contribution in [1.29, 1.82) is 0 Å². The molecule has 29 heavy (non-hydrogen) atoms. The van der Waals surface area contributed by atoms with Gasteiger partial charge in [-0.05, 0) is 82.7 Å². The predicted octanol–water partition coefficient (Wildman–Crippen LogP) is 5.53. The Morgan fingerprint density at radius 2 is 1.86 bits per heavy atom. The molecule has 2 aromatic carbocycles. The van der Waals surface area contributed by atoms with E-state index in [-0.39, 0.29) is 34.8 Å². The molecule has 1 saturated heterocycles. The molecule has 1 aliphatic heterocycles. The van der Waals surface area contributed by atoms with E-state index in [2.05, 4.69) is 27.3 Å². The van der Waals surface area contributed by atoms with Crippen molar-refractivity contribution in [2.45, 2.75) is 20.1 Å². The molecule has 0 bridgehead atoms. The zero-order valence-electron chi connectivity index (χ0n) is 15.2. The minimum Gasteiger partial charge on any atom is -0.490 e. The fourth-order valence-electron chi connectivity index (χ4n) is 2.64. The molecule has 0 unspecified atom stereocenters. The van der Waals surface area contributed by atoms with Crippen molar-refractivity contribution in [2.75, 3.05) is 6.61 Å². The fraction of sp³-hybridized carbons (Fsp3) is 0.200. The molecule has 0 atom stereocenters. The summed E-state index contributed by atoms with van der Waals surface area (Å²) in [6, 6.07) is 11.9. The van der Waals surface area contributed by atoms with Gasteiger partial charge >= 0.3 is 6.61 Å². The first-order valence-electron chi connectivity index (χ1n) is 8.59. The second-order valence-electron chi connectivity index (χ2n) is 5.91. The van der Waals surface area contributed by atoms with Crippen LogP contribution in [0, 0.1) is 3.57 Å². The lowest BCUT2D eigenvalue weighted by atomic mass is 10.1. The number of nitrogens with zero attached hydrogens (tertiary/aromatic N) is 1. The largest absolute Gasteiger partial charge is 0.490 e. The average molecular weight is 531 g/mol. The molecule has 5 nitrogen and oxygen atoms in total. The molecule has 9 heteroatoms. The highest BCUT2D eigenvalue weighted by atomic mass is 127. The van der Waals surface area contributed by atoms with Crippen LogP contribution in [0.1, 0.15) is 18.1 Å². The van der Waals surface area contributed by atoms with E-state index in [4.69, 9.17) is 4.74 Å². The van der Waals surface area contributed by atoms with Gasteiger partial charge in [-0.2, -0.15) is 8.78 Å². The molecule has 1 heterocycles. The van der Waals surface area contributed by atoms with Crippen molar-refractivity contribution in [2.24, 2.45) is 0 Å². The normalized spacial score (nSPS) is 15.5. The molecular formula is C20H16F2INO4S. The maximum atomic E-state index is 12.7. The zero-order chi connectivity index (χ0) is 21.0. The number of ether oxygens (including phenoxy) is 2. The smallest absolute Gasteiger partial charge is 0.387 e. The highest BCUT2D eigenvalue weighted by molar-refractivity contribution is 14.1. The van der Waals surface area contributed by atoms with Crippen LogP contribution in [0.3, 0.4) is 0 Å². The summed E-state index contributed by atoms with van der Waals surface area (Å²) in [6.45, 7) is -0.813. The monoisotopic (exact) mass is 531 g/mol. The van der Waals surface area contributed by atoms with Crippen molar-refractivity contribution in [1.82, 2.24) is 4.90 Å². The number of benzene rings is 2. The molecule has 2 aromatic rings. The standard InChI is InChI=1S/C20H16F2INO4S/c1-2-27-16-9-13(5-8-15(16)28-19(21)22)10-17-18(25)24(20(26)29-17)11-12-3-6-14(23)7-4-12/h3-10,19H,2,11H2,1H3/b17-10-. The van der Waals surface area contributed by atoms with Crippen molar-refractivity contribution >= 4 is 51.6 Å². The highest BCUT2D eigenvalue weighted by Crippen LogP contribution is 2.35. The molecule has 2 amide bonds. The molecule has 1 fully saturated rings. The Hall–Kier alpha value is -2.14. The number of hydrogen-bond donors (Lipinski definition) is 0. The first-order valence-corrected chi connectivity index (χ1v) is 10.5. The summed E-state index contributed by atoms with van der Waals surface area (Å²) in [7, 11) is 0. The molecule has 0 radical (unpaired) electrons. The van der Waals surface area contributed by atoms with E-state index in [1.54, 1.807) is 6.92 Å². The van der Waals surface area contributed by atoms with E-state index >= 15 is 0 Å². The quantitative estimate of drug-likeness (QED) is 0.348. The van der Waals surface area contributed by atoms with E-state index in [0.717, 1.165) is 20.9 Å².